The van der Waals surface area contributed by atoms with E-state index >= 15 is 4.39 Å². The molecule has 4 aromatic rings. The van der Waals surface area contributed by atoms with Crippen LogP contribution in [0.4, 0.5) is 35.1 Å². The van der Waals surface area contributed by atoms with Crippen molar-refractivity contribution in [1.29, 1.82) is 0 Å². The Morgan fingerprint density at radius 3 is 1.85 bits per heavy atom. The number of allylic oxidation sites excluding steroid dienone is 2. The van der Waals surface area contributed by atoms with Crippen LogP contribution in [0.15, 0.2) is 72.8 Å². The van der Waals surface area contributed by atoms with Gasteiger partial charge in [-0.1, -0.05) is 48.0 Å². The molecule has 0 aliphatic rings. The fourth-order valence-corrected chi connectivity index (χ4v) is 4.40. The highest BCUT2D eigenvalue weighted by Gasteiger charge is 2.41. The molecule has 40 heavy (non-hydrogen) atoms. The number of halogens is 9. The molecule has 0 saturated heterocycles. The van der Waals surface area contributed by atoms with E-state index in [4.69, 9.17) is 11.6 Å². The molecule has 0 atom stereocenters. The average molecular weight is 583 g/mol. The summed E-state index contributed by atoms with van der Waals surface area (Å²) in [5, 5.41) is -0.237. The molecule has 0 unspecified atom stereocenters. The molecule has 0 amide bonds. The first kappa shape index (κ1) is 29.1. The van der Waals surface area contributed by atoms with E-state index in [1.165, 1.54) is 6.07 Å². The molecule has 4 rings (SSSR count). The van der Waals surface area contributed by atoms with Gasteiger partial charge in [-0.3, -0.25) is 0 Å². The van der Waals surface area contributed by atoms with Crippen LogP contribution < -0.4 is 4.74 Å². The van der Waals surface area contributed by atoms with Gasteiger partial charge in [0.05, 0.1) is 5.02 Å². The third kappa shape index (κ3) is 6.14. The number of hydrogen-bond acceptors (Lipinski definition) is 1. The largest absolute Gasteiger partial charge is 0.432 e. The summed E-state index contributed by atoms with van der Waals surface area (Å²) in [6, 6.07) is 10.8. The van der Waals surface area contributed by atoms with Crippen molar-refractivity contribution in [3.8, 4) is 28.0 Å². The molecule has 0 aliphatic carbocycles. The van der Waals surface area contributed by atoms with Gasteiger partial charge in [0.1, 0.15) is 28.8 Å². The van der Waals surface area contributed by atoms with Gasteiger partial charge < -0.3 is 4.74 Å². The summed E-state index contributed by atoms with van der Waals surface area (Å²) in [7, 11) is 0. The topological polar surface area (TPSA) is 9.23 Å². The first-order chi connectivity index (χ1) is 18.9. The zero-order chi connectivity index (χ0) is 29.2. The summed E-state index contributed by atoms with van der Waals surface area (Å²) in [5.41, 5.74) is -0.773. The Morgan fingerprint density at radius 1 is 0.725 bits per heavy atom. The van der Waals surface area contributed by atoms with Crippen LogP contribution in [0, 0.1) is 34.9 Å². The van der Waals surface area contributed by atoms with E-state index in [0.717, 1.165) is 24.5 Å². The van der Waals surface area contributed by atoms with Crippen LogP contribution in [0.25, 0.3) is 22.3 Å². The molecule has 208 valence electrons. The maximum Gasteiger partial charge on any atom is 0.432 e. The van der Waals surface area contributed by atoms with Crippen molar-refractivity contribution in [1.82, 2.24) is 0 Å². The van der Waals surface area contributed by atoms with E-state index in [2.05, 4.69) is 4.74 Å². The molecule has 0 fully saturated rings. The van der Waals surface area contributed by atoms with Gasteiger partial charge in [0.15, 0.2) is 17.5 Å². The molecule has 10 heteroatoms. The summed E-state index contributed by atoms with van der Waals surface area (Å²) in [6.45, 7) is 1.93. The van der Waals surface area contributed by atoms with E-state index in [-0.39, 0.29) is 17.2 Å². The average Bonchev–Trinajstić information content (AvgIpc) is 2.86. The van der Waals surface area contributed by atoms with E-state index in [9.17, 15) is 30.7 Å². The van der Waals surface area contributed by atoms with Crippen molar-refractivity contribution < 1.29 is 39.9 Å². The summed E-state index contributed by atoms with van der Waals surface area (Å²) >= 11 is 6.25. The first-order valence-corrected chi connectivity index (χ1v) is 12.2. The van der Waals surface area contributed by atoms with Gasteiger partial charge in [-0.2, -0.15) is 8.78 Å². The number of ether oxygens (including phenoxy) is 1. The highest BCUT2D eigenvalue weighted by Crippen LogP contribution is 2.40. The predicted molar refractivity (Wildman–Crippen MR) is 136 cm³/mol. The van der Waals surface area contributed by atoms with Crippen molar-refractivity contribution in [3.05, 3.63) is 124 Å². The molecular formula is C30H19ClF8O. The van der Waals surface area contributed by atoms with Gasteiger partial charge in [0.2, 0.25) is 0 Å². The molecular weight excluding hydrogens is 564 g/mol. The molecule has 0 saturated carbocycles. The quantitative estimate of drug-likeness (QED) is 0.114. The lowest BCUT2D eigenvalue weighted by Gasteiger charge is -2.20. The molecule has 0 aromatic heterocycles. The third-order valence-corrected chi connectivity index (χ3v) is 6.29. The minimum absolute atomic E-state index is 0.0879. The summed E-state index contributed by atoms with van der Waals surface area (Å²) in [5.74, 6) is -11.5. The minimum atomic E-state index is -4.78. The van der Waals surface area contributed by atoms with E-state index in [0.29, 0.717) is 23.3 Å². The number of rotatable bonds is 8. The third-order valence-electron chi connectivity index (χ3n) is 5.99. The number of hydrogen-bond donors (Lipinski definition) is 0. The second-order valence-corrected chi connectivity index (χ2v) is 9.16. The van der Waals surface area contributed by atoms with Crippen molar-refractivity contribution >= 4 is 11.6 Å². The first-order valence-electron chi connectivity index (χ1n) is 11.8. The monoisotopic (exact) mass is 582 g/mol. The molecule has 0 N–H and O–H groups in total. The van der Waals surface area contributed by atoms with Gasteiger partial charge in [0, 0.05) is 17.7 Å². The number of benzene rings is 4. The fraction of sp³-hybridized carbons (Fsp3) is 0.133. The van der Waals surface area contributed by atoms with Crippen molar-refractivity contribution in [2.75, 3.05) is 0 Å². The number of alkyl halides is 2. The molecule has 0 radical (unpaired) electrons. The van der Waals surface area contributed by atoms with Gasteiger partial charge in [-0.25, -0.2) is 26.3 Å². The lowest BCUT2D eigenvalue weighted by molar-refractivity contribution is -0.189. The Hall–Kier alpha value is -3.85. The zero-order valence-electron chi connectivity index (χ0n) is 20.7. The Labute approximate surface area is 229 Å². The van der Waals surface area contributed by atoms with Crippen LogP contribution in [0.2, 0.25) is 5.02 Å². The van der Waals surface area contributed by atoms with Crippen LogP contribution in [-0.2, 0) is 12.5 Å². The highest BCUT2D eigenvalue weighted by molar-refractivity contribution is 6.33. The zero-order valence-corrected chi connectivity index (χ0v) is 21.4. The van der Waals surface area contributed by atoms with Crippen molar-refractivity contribution in [2.24, 2.45) is 0 Å². The van der Waals surface area contributed by atoms with Gasteiger partial charge in [-0.05, 0) is 66.3 Å². The van der Waals surface area contributed by atoms with Gasteiger partial charge in [-0.15, -0.1) is 0 Å². The standard InChI is InChI=1S/C30H19ClF8O/c1-2-3-4-5-16-6-8-17(9-7-16)18-10-21(31)27(22(32)11-18)19-12-23(33)28(24(34)13-19)30(38,39)40-20-14-25(35)29(37)26(36)15-20/h2-3,6-15H,4-5H2,1H3. The normalized spacial score (nSPS) is 11.8. The number of aryl methyl sites for hydroxylation is 1. The minimum Gasteiger partial charge on any atom is -0.429 e. The molecule has 0 heterocycles. The molecule has 1 nitrogen and oxygen atoms in total. The SMILES string of the molecule is CC=CCCc1ccc(-c2cc(F)c(-c3cc(F)c(C(F)(F)Oc4cc(F)c(F)c(F)c4)c(F)c3)c(Cl)c2)cc1. The maximum absolute atomic E-state index is 15.1. The summed E-state index contributed by atoms with van der Waals surface area (Å²) in [4.78, 5) is 0. The van der Waals surface area contributed by atoms with Crippen LogP contribution in [-0.4, -0.2) is 0 Å². The Balaban J connectivity index is 1.64. The molecule has 0 bridgehead atoms. The predicted octanol–water partition coefficient (Wildman–Crippen LogP) is 10.1. The van der Waals surface area contributed by atoms with Crippen LogP contribution in [0.1, 0.15) is 24.5 Å². The Morgan fingerprint density at radius 2 is 1.30 bits per heavy atom. The van der Waals surface area contributed by atoms with Gasteiger partial charge in [0.25, 0.3) is 0 Å². The van der Waals surface area contributed by atoms with Crippen LogP contribution in [0.5, 0.6) is 5.75 Å². The van der Waals surface area contributed by atoms with Gasteiger partial charge >= 0.3 is 6.11 Å². The summed E-state index contributed by atoms with van der Waals surface area (Å²) in [6.07, 6.45) is 0.867. The Bertz CT molecular complexity index is 1510. The van der Waals surface area contributed by atoms with Crippen molar-refractivity contribution in [3.63, 3.8) is 0 Å². The lowest BCUT2D eigenvalue weighted by atomic mass is 9.97. The molecule has 0 aliphatic heterocycles. The highest BCUT2D eigenvalue weighted by atomic mass is 35.5. The van der Waals surface area contributed by atoms with Crippen molar-refractivity contribution in [2.45, 2.75) is 25.9 Å². The second kappa shape index (κ2) is 11.7. The molecule has 4 aromatic carbocycles. The van der Waals surface area contributed by atoms with E-state index in [1.807, 2.05) is 31.2 Å². The second-order valence-electron chi connectivity index (χ2n) is 8.75. The van der Waals surface area contributed by atoms with Crippen LogP contribution >= 0.6 is 11.6 Å². The fourth-order valence-electron chi connectivity index (χ4n) is 4.08. The maximum atomic E-state index is 15.1. The summed E-state index contributed by atoms with van der Waals surface area (Å²) < 4.78 is 118. The van der Waals surface area contributed by atoms with E-state index in [1.54, 1.807) is 12.1 Å². The molecule has 0 spiro atoms. The van der Waals surface area contributed by atoms with E-state index < -0.39 is 63.5 Å². The lowest BCUT2D eigenvalue weighted by Crippen LogP contribution is -2.25. The smallest absolute Gasteiger partial charge is 0.429 e. The van der Waals surface area contributed by atoms with Crippen LogP contribution in [0.3, 0.4) is 0 Å². The Kier molecular flexibility index (Phi) is 8.54.